The molecule has 3 N–H and O–H groups in total. The number of amides is 1. The van der Waals surface area contributed by atoms with Gasteiger partial charge in [0.15, 0.2) is 0 Å². The van der Waals surface area contributed by atoms with Gasteiger partial charge >= 0.3 is 0 Å². The highest BCUT2D eigenvalue weighted by Gasteiger charge is 2.44. The summed E-state index contributed by atoms with van der Waals surface area (Å²) in [7, 11) is 0. The number of benzene rings is 2. The highest BCUT2D eigenvalue weighted by atomic mass is 16.5. The Hall–Kier alpha value is -2.37. The van der Waals surface area contributed by atoms with E-state index in [0.717, 1.165) is 17.0 Å². The topological polar surface area (TPSA) is 62.4 Å². The van der Waals surface area contributed by atoms with E-state index in [1.54, 1.807) is 0 Å². The van der Waals surface area contributed by atoms with Crippen molar-refractivity contribution in [2.75, 3.05) is 11.9 Å². The number of ether oxygens (including phenoxy) is 1. The second kappa shape index (κ2) is 6.50. The van der Waals surface area contributed by atoms with E-state index in [-0.39, 0.29) is 23.9 Å². The Bertz CT molecular complexity index is 773. The molecule has 5 nitrogen and oxygen atoms in total. The average molecular weight is 337 g/mol. The van der Waals surface area contributed by atoms with Crippen LogP contribution in [0.15, 0.2) is 48.5 Å². The lowest BCUT2D eigenvalue weighted by molar-refractivity contribution is -0.119. The second-order valence-corrected chi connectivity index (χ2v) is 7.02. The van der Waals surface area contributed by atoms with Crippen LogP contribution in [-0.2, 0) is 4.79 Å². The van der Waals surface area contributed by atoms with Crippen molar-refractivity contribution in [3.63, 3.8) is 0 Å². The molecule has 130 valence electrons. The van der Waals surface area contributed by atoms with Crippen LogP contribution in [0.25, 0.3) is 0 Å². The van der Waals surface area contributed by atoms with E-state index in [4.69, 9.17) is 4.74 Å². The van der Waals surface area contributed by atoms with Gasteiger partial charge in [0.1, 0.15) is 11.8 Å². The molecule has 1 saturated heterocycles. The Kier molecular flexibility index (Phi) is 4.19. The van der Waals surface area contributed by atoms with Crippen molar-refractivity contribution < 1.29 is 9.53 Å². The third kappa shape index (κ3) is 3.01. The molecule has 1 amide bonds. The highest BCUT2D eigenvalue weighted by molar-refractivity contribution is 5.95. The summed E-state index contributed by atoms with van der Waals surface area (Å²) >= 11 is 0. The van der Waals surface area contributed by atoms with Gasteiger partial charge in [-0.25, -0.2) is 10.9 Å². The van der Waals surface area contributed by atoms with Crippen LogP contribution in [0.1, 0.15) is 36.9 Å². The Labute approximate surface area is 147 Å². The highest BCUT2D eigenvalue weighted by Crippen LogP contribution is 2.39. The molecule has 25 heavy (non-hydrogen) atoms. The third-order valence-electron chi connectivity index (χ3n) is 5.06. The normalized spacial score (nSPS) is 24.4. The fourth-order valence-electron chi connectivity index (χ4n) is 3.57. The SMILES string of the molecule is CC(C)c1ccc(NC(=O)C2NNC3c4ccccc4OCC23)cc1. The quantitative estimate of drug-likeness (QED) is 0.806. The summed E-state index contributed by atoms with van der Waals surface area (Å²) < 4.78 is 5.85. The number of nitrogens with one attached hydrogen (secondary N) is 3. The van der Waals surface area contributed by atoms with Gasteiger partial charge in [-0.05, 0) is 29.7 Å². The summed E-state index contributed by atoms with van der Waals surface area (Å²) in [6.07, 6.45) is 0. The smallest absolute Gasteiger partial charge is 0.243 e. The maximum absolute atomic E-state index is 12.7. The largest absolute Gasteiger partial charge is 0.493 e. The van der Waals surface area contributed by atoms with Gasteiger partial charge in [0.2, 0.25) is 5.91 Å². The van der Waals surface area contributed by atoms with Crippen LogP contribution in [-0.4, -0.2) is 18.6 Å². The van der Waals surface area contributed by atoms with Crippen molar-refractivity contribution in [2.45, 2.75) is 31.8 Å². The summed E-state index contributed by atoms with van der Waals surface area (Å²) in [5.41, 5.74) is 9.59. The molecule has 0 bridgehead atoms. The lowest BCUT2D eigenvalue weighted by Gasteiger charge is -2.29. The van der Waals surface area contributed by atoms with Crippen LogP contribution in [0.2, 0.25) is 0 Å². The Morgan fingerprint density at radius 2 is 1.88 bits per heavy atom. The zero-order chi connectivity index (χ0) is 17.4. The number of para-hydroxylation sites is 1. The average Bonchev–Trinajstić information content (AvgIpc) is 3.07. The summed E-state index contributed by atoms with van der Waals surface area (Å²) in [6, 6.07) is 15.8. The molecule has 2 aliphatic heterocycles. The summed E-state index contributed by atoms with van der Waals surface area (Å²) in [4.78, 5) is 12.7. The summed E-state index contributed by atoms with van der Waals surface area (Å²) in [6.45, 7) is 4.83. The third-order valence-corrected chi connectivity index (χ3v) is 5.06. The molecule has 5 heteroatoms. The van der Waals surface area contributed by atoms with Gasteiger partial charge in [-0.3, -0.25) is 4.79 Å². The van der Waals surface area contributed by atoms with Crippen molar-refractivity contribution in [1.82, 2.24) is 10.9 Å². The first-order chi connectivity index (χ1) is 12.1. The fourth-order valence-corrected chi connectivity index (χ4v) is 3.57. The van der Waals surface area contributed by atoms with E-state index in [2.05, 4.69) is 42.1 Å². The van der Waals surface area contributed by atoms with Crippen LogP contribution < -0.4 is 20.9 Å². The molecule has 0 saturated carbocycles. The van der Waals surface area contributed by atoms with Crippen LogP contribution in [0.4, 0.5) is 5.69 Å². The molecule has 2 heterocycles. The predicted molar refractivity (Wildman–Crippen MR) is 97.4 cm³/mol. The zero-order valence-corrected chi connectivity index (χ0v) is 14.5. The van der Waals surface area contributed by atoms with Gasteiger partial charge in [-0.1, -0.05) is 44.2 Å². The van der Waals surface area contributed by atoms with E-state index < -0.39 is 0 Å². The summed E-state index contributed by atoms with van der Waals surface area (Å²) in [5.74, 6) is 1.39. The minimum atomic E-state index is -0.330. The van der Waals surface area contributed by atoms with Crippen LogP contribution in [0, 0.1) is 5.92 Å². The summed E-state index contributed by atoms with van der Waals surface area (Å²) in [5, 5.41) is 3.01. The number of rotatable bonds is 3. The number of hydrazine groups is 1. The fraction of sp³-hybridized carbons (Fsp3) is 0.350. The first-order valence-electron chi connectivity index (χ1n) is 8.77. The number of carbonyl (C=O) groups excluding carboxylic acids is 1. The maximum Gasteiger partial charge on any atom is 0.243 e. The monoisotopic (exact) mass is 337 g/mol. The number of hydrogen-bond acceptors (Lipinski definition) is 4. The molecule has 0 spiro atoms. The van der Waals surface area contributed by atoms with E-state index in [0.29, 0.717) is 12.5 Å². The van der Waals surface area contributed by atoms with Crippen molar-refractivity contribution in [3.05, 3.63) is 59.7 Å². The molecule has 0 aliphatic carbocycles. The lowest BCUT2D eigenvalue weighted by Crippen LogP contribution is -2.43. The van der Waals surface area contributed by atoms with E-state index in [9.17, 15) is 4.79 Å². The molecular formula is C20H23N3O2. The van der Waals surface area contributed by atoms with E-state index in [1.165, 1.54) is 5.56 Å². The van der Waals surface area contributed by atoms with Gasteiger partial charge < -0.3 is 10.1 Å². The predicted octanol–water partition coefficient (Wildman–Crippen LogP) is 2.97. The second-order valence-electron chi connectivity index (χ2n) is 7.02. The van der Waals surface area contributed by atoms with Gasteiger partial charge in [-0.15, -0.1) is 0 Å². The lowest BCUT2D eigenvalue weighted by atomic mass is 9.87. The molecule has 2 aromatic carbocycles. The molecule has 1 fully saturated rings. The first-order valence-corrected chi connectivity index (χ1v) is 8.77. The van der Waals surface area contributed by atoms with Gasteiger partial charge in [0.05, 0.1) is 12.6 Å². The van der Waals surface area contributed by atoms with Crippen LogP contribution in [0.5, 0.6) is 5.75 Å². The maximum atomic E-state index is 12.7. The Balaban J connectivity index is 1.47. The molecule has 0 aromatic heterocycles. The van der Waals surface area contributed by atoms with Gasteiger partial charge in [-0.2, -0.15) is 0 Å². The number of anilines is 1. The molecule has 4 rings (SSSR count). The minimum Gasteiger partial charge on any atom is -0.493 e. The van der Waals surface area contributed by atoms with Crippen LogP contribution >= 0.6 is 0 Å². The van der Waals surface area contributed by atoms with Gasteiger partial charge in [0, 0.05) is 17.2 Å². The molecule has 3 atom stereocenters. The van der Waals surface area contributed by atoms with E-state index >= 15 is 0 Å². The standard InChI is InChI=1S/C20H23N3O2/c1-12(2)13-7-9-14(10-8-13)21-20(24)19-16-11-25-17-6-4-3-5-15(17)18(16)22-23-19/h3-10,12,16,18-19,22-23H,11H2,1-2H3,(H,21,24). The van der Waals surface area contributed by atoms with Crippen molar-refractivity contribution in [1.29, 1.82) is 0 Å². The van der Waals surface area contributed by atoms with Crippen LogP contribution in [0.3, 0.4) is 0 Å². The Morgan fingerprint density at radius 1 is 1.12 bits per heavy atom. The van der Waals surface area contributed by atoms with Crippen molar-refractivity contribution in [3.8, 4) is 5.75 Å². The Morgan fingerprint density at radius 3 is 2.64 bits per heavy atom. The van der Waals surface area contributed by atoms with Crippen molar-refractivity contribution in [2.24, 2.45) is 5.92 Å². The van der Waals surface area contributed by atoms with E-state index in [1.807, 2.05) is 36.4 Å². The van der Waals surface area contributed by atoms with Gasteiger partial charge in [0.25, 0.3) is 0 Å². The number of fused-ring (bicyclic) bond motifs is 3. The molecule has 0 radical (unpaired) electrons. The number of carbonyl (C=O) groups is 1. The molecule has 2 aliphatic rings. The first kappa shape index (κ1) is 16.1. The molecule has 3 unspecified atom stereocenters. The number of hydrogen-bond donors (Lipinski definition) is 3. The minimum absolute atomic E-state index is 0.0414. The molecular weight excluding hydrogens is 314 g/mol. The molecule has 2 aromatic rings. The zero-order valence-electron chi connectivity index (χ0n) is 14.5. The van der Waals surface area contributed by atoms with Crippen molar-refractivity contribution >= 4 is 11.6 Å².